The second kappa shape index (κ2) is 8.48. The highest BCUT2D eigenvalue weighted by Gasteiger charge is 2.20. The fourth-order valence-corrected chi connectivity index (χ4v) is 1.73. The van der Waals surface area contributed by atoms with E-state index in [1.807, 2.05) is 0 Å². The average molecular weight is 227 g/mol. The van der Waals surface area contributed by atoms with Gasteiger partial charge in [0, 0.05) is 46.5 Å². The maximum atomic E-state index is 8.95. The van der Waals surface area contributed by atoms with Crippen LogP contribution < -0.4 is 5.32 Å². The molecule has 5 nitrogen and oxygen atoms in total. The summed E-state index contributed by atoms with van der Waals surface area (Å²) < 4.78 is 10.4. The van der Waals surface area contributed by atoms with Crippen LogP contribution in [-0.4, -0.2) is 64.1 Å². The summed E-state index contributed by atoms with van der Waals surface area (Å²) >= 11 is 0. The number of hydrogen-bond donors (Lipinski definition) is 1. The van der Waals surface area contributed by atoms with Gasteiger partial charge in [0.05, 0.1) is 12.7 Å². The van der Waals surface area contributed by atoms with E-state index in [1.54, 1.807) is 7.11 Å². The lowest BCUT2D eigenvalue weighted by Crippen LogP contribution is -2.51. The average Bonchev–Trinajstić information content (AvgIpc) is 2.34. The van der Waals surface area contributed by atoms with E-state index >= 15 is 0 Å². The van der Waals surface area contributed by atoms with Crippen LogP contribution in [-0.2, 0) is 9.47 Å². The molecule has 0 amide bonds. The zero-order valence-corrected chi connectivity index (χ0v) is 9.95. The Kier molecular flexibility index (Phi) is 7.10. The summed E-state index contributed by atoms with van der Waals surface area (Å²) in [5.41, 5.74) is 0. The van der Waals surface area contributed by atoms with Gasteiger partial charge < -0.3 is 14.8 Å². The molecule has 1 unspecified atom stereocenters. The monoisotopic (exact) mass is 227 g/mol. The third kappa shape index (κ3) is 4.90. The van der Waals surface area contributed by atoms with E-state index in [9.17, 15) is 0 Å². The van der Waals surface area contributed by atoms with Crippen LogP contribution in [0.4, 0.5) is 0 Å². The molecule has 1 atom stereocenters. The standard InChI is InChI=1S/C11H21N3O2/c1-15-6-2-7-16-8-5-14-4-3-13-10-11(14)9-12/h11,13H,2-8,10H2,1H3. The normalized spacial score (nSPS) is 21.9. The number of ether oxygens (including phenoxy) is 2. The molecule has 5 heteroatoms. The Labute approximate surface area is 97.3 Å². The fourth-order valence-electron chi connectivity index (χ4n) is 1.73. The van der Waals surface area contributed by atoms with E-state index < -0.39 is 0 Å². The molecule has 0 aliphatic carbocycles. The van der Waals surface area contributed by atoms with E-state index in [0.29, 0.717) is 6.61 Å². The van der Waals surface area contributed by atoms with Gasteiger partial charge in [-0.2, -0.15) is 5.26 Å². The second-order valence-electron chi connectivity index (χ2n) is 3.84. The number of nitrogens with zero attached hydrogens (tertiary/aromatic N) is 2. The van der Waals surface area contributed by atoms with Gasteiger partial charge in [-0.3, -0.25) is 4.90 Å². The molecular weight excluding hydrogens is 206 g/mol. The first kappa shape index (κ1) is 13.4. The number of piperazine rings is 1. The third-order valence-corrected chi connectivity index (χ3v) is 2.66. The molecule has 1 heterocycles. The molecule has 0 saturated carbocycles. The van der Waals surface area contributed by atoms with Crippen molar-refractivity contribution in [2.75, 3.05) is 53.1 Å². The molecule has 92 valence electrons. The van der Waals surface area contributed by atoms with Crippen molar-refractivity contribution < 1.29 is 9.47 Å². The van der Waals surface area contributed by atoms with Crippen molar-refractivity contribution in [2.45, 2.75) is 12.5 Å². The van der Waals surface area contributed by atoms with Crippen molar-refractivity contribution in [1.82, 2.24) is 10.2 Å². The number of hydrogen-bond acceptors (Lipinski definition) is 5. The van der Waals surface area contributed by atoms with Gasteiger partial charge in [-0.05, 0) is 6.42 Å². The second-order valence-corrected chi connectivity index (χ2v) is 3.84. The Morgan fingerprint density at radius 3 is 3.06 bits per heavy atom. The van der Waals surface area contributed by atoms with Gasteiger partial charge in [-0.25, -0.2) is 0 Å². The molecule has 1 saturated heterocycles. The van der Waals surface area contributed by atoms with Crippen molar-refractivity contribution >= 4 is 0 Å². The number of nitriles is 1. The number of rotatable bonds is 7. The van der Waals surface area contributed by atoms with E-state index in [-0.39, 0.29) is 6.04 Å². The first-order valence-electron chi connectivity index (χ1n) is 5.79. The third-order valence-electron chi connectivity index (χ3n) is 2.66. The molecule has 0 bridgehead atoms. The molecule has 0 aromatic rings. The largest absolute Gasteiger partial charge is 0.385 e. The van der Waals surface area contributed by atoms with Gasteiger partial charge >= 0.3 is 0 Å². The van der Waals surface area contributed by atoms with Crippen LogP contribution in [0.25, 0.3) is 0 Å². The number of methoxy groups -OCH3 is 1. The Morgan fingerprint density at radius 1 is 1.44 bits per heavy atom. The quantitative estimate of drug-likeness (QED) is 0.612. The van der Waals surface area contributed by atoms with Crippen molar-refractivity contribution in [3.63, 3.8) is 0 Å². The van der Waals surface area contributed by atoms with Crippen molar-refractivity contribution in [3.8, 4) is 6.07 Å². The lowest BCUT2D eigenvalue weighted by Gasteiger charge is -2.31. The lowest BCUT2D eigenvalue weighted by molar-refractivity contribution is 0.0734. The smallest absolute Gasteiger partial charge is 0.110 e. The molecule has 0 aromatic carbocycles. The topological polar surface area (TPSA) is 57.5 Å². The summed E-state index contributed by atoms with van der Waals surface area (Å²) in [6, 6.07) is 2.30. The van der Waals surface area contributed by atoms with Crippen LogP contribution in [0.15, 0.2) is 0 Å². The predicted octanol–water partition coefficient (Wildman–Crippen LogP) is -0.163. The molecule has 0 radical (unpaired) electrons. The van der Waals surface area contributed by atoms with Gasteiger partial charge in [0.25, 0.3) is 0 Å². The molecular formula is C11H21N3O2. The van der Waals surface area contributed by atoms with Crippen molar-refractivity contribution in [2.24, 2.45) is 0 Å². The first-order chi connectivity index (χ1) is 7.88. The maximum absolute atomic E-state index is 8.95. The summed E-state index contributed by atoms with van der Waals surface area (Å²) in [5.74, 6) is 0. The van der Waals surface area contributed by atoms with Crippen LogP contribution in [0.1, 0.15) is 6.42 Å². The zero-order chi connectivity index (χ0) is 11.6. The van der Waals surface area contributed by atoms with Crippen LogP contribution in [0.3, 0.4) is 0 Å². The summed E-state index contributed by atoms with van der Waals surface area (Å²) in [4.78, 5) is 2.17. The molecule has 1 rings (SSSR count). The highest BCUT2D eigenvalue weighted by atomic mass is 16.5. The van der Waals surface area contributed by atoms with E-state index in [1.165, 1.54) is 0 Å². The Hall–Kier alpha value is -0.670. The zero-order valence-electron chi connectivity index (χ0n) is 9.95. The fraction of sp³-hybridized carbons (Fsp3) is 0.909. The van der Waals surface area contributed by atoms with E-state index in [4.69, 9.17) is 14.7 Å². The summed E-state index contributed by atoms with van der Waals surface area (Å²) in [6.45, 7) is 5.67. The minimum atomic E-state index is -0.00340. The minimum absolute atomic E-state index is 0.00340. The lowest BCUT2D eigenvalue weighted by atomic mass is 10.2. The highest BCUT2D eigenvalue weighted by Crippen LogP contribution is 2.01. The van der Waals surface area contributed by atoms with Crippen molar-refractivity contribution in [1.29, 1.82) is 5.26 Å². The molecule has 0 spiro atoms. The van der Waals surface area contributed by atoms with Gasteiger partial charge in [-0.15, -0.1) is 0 Å². The van der Waals surface area contributed by atoms with E-state index in [2.05, 4.69) is 16.3 Å². The molecule has 1 N–H and O–H groups in total. The summed E-state index contributed by atoms with van der Waals surface area (Å²) in [5, 5.41) is 12.2. The Balaban J connectivity index is 2.04. The summed E-state index contributed by atoms with van der Waals surface area (Å²) in [6.07, 6.45) is 0.930. The highest BCUT2D eigenvalue weighted by molar-refractivity contribution is 4.95. The molecule has 1 aliphatic heterocycles. The molecule has 16 heavy (non-hydrogen) atoms. The van der Waals surface area contributed by atoms with Crippen LogP contribution >= 0.6 is 0 Å². The molecule has 1 fully saturated rings. The van der Waals surface area contributed by atoms with Gasteiger partial charge in [0.15, 0.2) is 0 Å². The molecule has 1 aliphatic rings. The van der Waals surface area contributed by atoms with E-state index in [0.717, 1.165) is 45.8 Å². The van der Waals surface area contributed by atoms with Crippen molar-refractivity contribution in [3.05, 3.63) is 0 Å². The minimum Gasteiger partial charge on any atom is -0.385 e. The predicted molar refractivity (Wildman–Crippen MR) is 61.2 cm³/mol. The van der Waals surface area contributed by atoms with Gasteiger partial charge in [-0.1, -0.05) is 0 Å². The van der Waals surface area contributed by atoms with Gasteiger partial charge in [0.1, 0.15) is 6.04 Å². The Morgan fingerprint density at radius 2 is 2.31 bits per heavy atom. The van der Waals surface area contributed by atoms with Crippen LogP contribution in [0.2, 0.25) is 0 Å². The SMILES string of the molecule is COCCCOCCN1CCNCC1C#N. The maximum Gasteiger partial charge on any atom is 0.110 e. The number of nitrogens with one attached hydrogen (secondary N) is 1. The van der Waals surface area contributed by atoms with Gasteiger partial charge in [0.2, 0.25) is 0 Å². The molecule has 0 aromatic heterocycles. The first-order valence-corrected chi connectivity index (χ1v) is 5.79. The summed E-state index contributed by atoms with van der Waals surface area (Å²) in [7, 11) is 1.69. The van der Waals surface area contributed by atoms with Crippen LogP contribution in [0, 0.1) is 11.3 Å². The Bertz CT molecular complexity index is 218. The van der Waals surface area contributed by atoms with Crippen LogP contribution in [0.5, 0.6) is 0 Å².